The smallest absolute Gasteiger partial charge is 0.159 e. The Labute approximate surface area is 314 Å². The molecule has 4 atom stereocenters. The first kappa shape index (κ1) is 34.2. The van der Waals surface area contributed by atoms with E-state index in [1.807, 2.05) is 18.2 Å². The second-order valence-corrected chi connectivity index (χ2v) is 14.4. The number of nitrogens with zero attached hydrogens (tertiary/aromatic N) is 1. The second kappa shape index (κ2) is 15.0. The van der Waals surface area contributed by atoms with Crippen LogP contribution in [0.1, 0.15) is 48.8 Å². The van der Waals surface area contributed by atoms with Crippen LogP contribution < -0.4 is 4.90 Å². The molecule has 5 aromatic rings. The molecule has 4 aromatic carbocycles. The summed E-state index contributed by atoms with van der Waals surface area (Å²) in [6.45, 7) is 13.2. The Bertz CT molecular complexity index is 2360. The van der Waals surface area contributed by atoms with Gasteiger partial charge in [-0.15, -0.1) is 13.2 Å². The largest absolute Gasteiger partial charge is 0.454 e. The molecule has 0 spiro atoms. The van der Waals surface area contributed by atoms with Gasteiger partial charge in [0.2, 0.25) is 0 Å². The van der Waals surface area contributed by atoms with E-state index >= 15 is 0 Å². The molecule has 1 heterocycles. The van der Waals surface area contributed by atoms with E-state index in [1.165, 1.54) is 27.8 Å². The highest BCUT2D eigenvalue weighted by Gasteiger charge is 2.41. The van der Waals surface area contributed by atoms with Gasteiger partial charge in [0.15, 0.2) is 5.58 Å². The first-order valence-electron chi connectivity index (χ1n) is 19.0. The maximum absolute atomic E-state index is 6.64. The first-order valence-corrected chi connectivity index (χ1v) is 19.0. The summed E-state index contributed by atoms with van der Waals surface area (Å²) >= 11 is 0. The molecule has 2 nitrogen and oxygen atoms in total. The van der Waals surface area contributed by atoms with E-state index in [4.69, 9.17) is 11.0 Å². The Morgan fingerprint density at radius 1 is 0.849 bits per heavy atom. The summed E-state index contributed by atoms with van der Waals surface area (Å²) in [4.78, 5) is 2.35. The van der Waals surface area contributed by atoms with Crippen molar-refractivity contribution in [3.63, 3.8) is 0 Å². The maximum atomic E-state index is 6.64. The molecule has 0 N–H and O–H groups in total. The van der Waals surface area contributed by atoms with Gasteiger partial charge in [-0.25, -0.2) is 0 Å². The van der Waals surface area contributed by atoms with Crippen molar-refractivity contribution < 1.29 is 4.42 Å². The molecule has 53 heavy (non-hydrogen) atoms. The highest BCUT2D eigenvalue weighted by Crippen LogP contribution is 2.51. The summed E-state index contributed by atoms with van der Waals surface area (Å²) in [5.41, 5.74) is 9.59. The van der Waals surface area contributed by atoms with Gasteiger partial charge in [0.1, 0.15) is 5.58 Å². The lowest BCUT2D eigenvalue weighted by molar-refractivity contribution is 0.402. The third kappa shape index (κ3) is 6.33. The van der Waals surface area contributed by atoms with E-state index < -0.39 is 0 Å². The van der Waals surface area contributed by atoms with E-state index in [2.05, 4.69) is 170 Å². The summed E-state index contributed by atoms with van der Waals surface area (Å²) in [6, 6.07) is 34.5. The molecule has 1 aromatic heterocycles. The number of hydrogen-bond acceptors (Lipinski definition) is 2. The van der Waals surface area contributed by atoms with E-state index in [1.54, 1.807) is 0 Å². The average molecular weight is 690 g/mol. The molecule has 0 radical (unpaired) electrons. The predicted octanol–water partition coefficient (Wildman–Crippen LogP) is 13.4. The standard InChI is InChI=1S/C51H47NO/c1-4-6-20-38-21-13-14-22-39(38)35-43(5-2)52(48-31-19-29-46-45-28-16-18-32-49(45)53-50(46)48)37(3)33-34-40-36-51(41-23-9-7-10-24-41,42-25-11-8-12-26-42)47-30-17-15-27-44(40)47/h4-5,7,9-11,13-19,21-34,36,38-39,43H,1-3,6,8,12,20,35H2/b34-33-. The molecule has 262 valence electrons. The molecule has 0 saturated heterocycles. The van der Waals surface area contributed by atoms with Crippen molar-refractivity contribution in [2.75, 3.05) is 4.90 Å². The van der Waals surface area contributed by atoms with Crippen LogP contribution in [0.2, 0.25) is 0 Å². The van der Waals surface area contributed by atoms with Gasteiger partial charge in [-0.2, -0.15) is 0 Å². The minimum absolute atomic E-state index is 0.0378. The highest BCUT2D eigenvalue weighted by molar-refractivity contribution is 6.09. The number of anilines is 1. The topological polar surface area (TPSA) is 16.4 Å². The first-order chi connectivity index (χ1) is 26.1. The Morgan fingerprint density at radius 2 is 1.62 bits per heavy atom. The number of rotatable bonds is 13. The summed E-state index contributed by atoms with van der Waals surface area (Å²) in [6.07, 6.45) is 32.3. The molecule has 4 unspecified atom stereocenters. The predicted molar refractivity (Wildman–Crippen MR) is 226 cm³/mol. The van der Waals surface area contributed by atoms with Crippen molar-refractivity contribution in [1.82, 2.24) is 0 Å². The van der Waals surface area contributed by atoms with Crippen molar-refractivity contribution in [1.29, 1.82) is 0 Å². The normalized spacial score (nSPS) is 21.1. The van der Waals surface area contributed by atoms with Gasteiger partial charge in [-0.3, -0.25) is 0 Å². The van der Waals surface area contributed by atoms with Crippen LogP contribution in [0.5, 0.6) is 0 Å². The molecule has 0 fully saturated rings. The molecule has 0 aliphatic heterocycles. The monoisotopic (exact) mass is 689 g/mol. The summed E-state index contributed by atoms with van der Waals surface area (Å²) in [5, 5.41) is 2.21. The Hall–Kier alpha value is -5.86. The van der Waals surface area contributed by atoms with Gasteiger partial charge in [0, 0.05) is 16.5 Å². The molecule has 8 rings (SSSR count). The van der Waals surface area contributed by atoms with Crippen LogP contribution in [0, 0.1) is 11.8 Å². The lowest BCUT2D eigenvalue weighted by Crippen LogP contribution is -2.35. The number of para-hydroxylation sites is 2. The van der Waals surface area contributed by atoms with Crippen LogP contribution in [0.4, 0.5) is 5.69 Å². The SMILES string of the molecule is C=CCCC1C=CC=CC1CC(C=C)N(C(=C)/C=C\C1=CC(C2=CCCC=C2)(c2ccccc2)c2ccccc21)c1cccc2c1oc1ccccc12. The lowest BCUT2D eigenvalue weighted by atomic mass is 9.69. The van der Waals surface area contributed by atoms with Gasteiger partial charge < -0.3 is 9.32 Å². The molecule has 2 heteroatoms. The zero-order chi connectivity index (χ0) is 36.2. The van der Waals surface area contributed by atoms with E-state index in [-0.39, 0.29) is 11.5 Å². The van der Waals surface area contributed by atoms with Crippen molar-refractivity contribution in [3.05, 3.63) is 218 Å². The van der Waals surface area contributed by atoms with Crippen LogP contribution in [0.25, 0.3) is 27.5 Å². The zero-order valence-electron chi connectivity index (χ0n) is 30.4. The van der Waals surface area contributed by atoms with Crippen molar-refractivity contribution in [2.45, 2.75) is 43.6 Å². The summed E-state index contributed by atoms with van der Waals surface area (Å²) in [5.74, 6) is 0.785. The van der Waals surface area contributed by atoms with E-state index in [9.17, 15) is 0 Å². The van der Waals surface area contributed by atoms with Crippen LogP contribution in [0.3, 0.4) is 0 Å². The van der Waals surface area contributed by atoms with E-state index in [0.717, 1.165) is 65.4 Å². The highest BCUT2D eigenvalue weighted by atomic mass is 16.3. The van der Waals surface area contributed by atoms with Crippen LogP contribution in [-0.4, -0.2) is 6.04 Å². The van der Waals surface area contributed by atoms with Crippen LogP contribution in [-0.2, 0) is 5.41 Å². The lowest BCUT2D eigenvalue weighted by Gasteiger charge is -2.36. The second-order valence-electron chi connectivity index (χ2n) is 14.4. The van der Waals surface area contributed by atoms with Gasteiger partial charge in [-0.1, -0.05) is 158 Å². The minimum atomic E-state index is -0.375. The molecule has 0 amide bonds. The molecule has 3 aliphatic rings. The van der Waals surface area contributed by atoms with Crippen molar-refractivity contribution >= 4 is 33.2 Å². The maximum Gasteiger partial charge on any atom is 0.159 e. The van der Waals surface area contributed by atoms with Gasteiger partial charge in [0.05, 0.1) is 17.1 Å². The third-order valence-electron chi connectivity index (χ3n) is 11.3. The Kier molecular flexibility index (Phi) is 9.70. The Morgan fingerprint density at radius 3 is 2.43 bits per heavy atom. The quantitative estimate of drug-likeness (QED) is 0.0904. The van der Waals surface area contributed by atoms with Crippen LogP contribution in [0.15, 0.2) is 205 Å². The molecule has 0 bridgehead atoms. The summed E-state index contributed by atoms with van der Waals surface area (Å²) < 4.78 is 6.64. The number of benzene rings is 4. The minimum Gasteiger partial charge on any atom is -0.454 e. The fourth-order valence-electron chi connectivity index (χ4n) is 8.75. The van der Waals surface area contributed by atoms with E-state index in [0.29, 0.717) is 11.8 Å². The van der Waals surface area contributed by atoms with Gasteiger partial charge >= 0.3 is 0 Å². The zero-order valence-corrected chi connectivity index (χ0v) is 30.4. The third-order valence-corrected chi connectivity index (χ3v) is 11.3. The van der Waals surface area contributed by atoms with Gasteiger partial charge in [0.25, 0.3) is 0 Å². The fourth-order valence-corrected chi connectivity index (χ4v) is 8.75. The molecule has 3 aliphatic carbocycles. The molecule has 0 saturated carbocycles. The Balaban J connectivity index is 1.23. The fraction of sp³-hybridized carbons (Fsp3) is 0.176. The number of fused-ring (bicyclic) bond motifs is 4. The van der Waals surface area contributed by atoms with Crippen LogP contribution >= 0.6 is 0 Å². The van der Waals surface area contributed by atoms with Gasteiger partial charge in [-0.05, 0) is 90.0 Å². The molecular weight excluding hydrogens is 643 g/mol. The number of hydrogen-bond donors (Lipinski definition) is 0. The van der Waals surface area contributed by atoms with Crippen molar-refractivity contribution in [2.24, 2.45) is 11.8 Å². The number of furan rings is 1. The van der Waals surface area contributed by atoms with Crippen molar-refractivity contribution in [3.8, 4) is 0 Å². The molecular formula is C51H47NO. The average Bonchev–Trinajstić information content (AvgIpc) is 3.77. The summed E-state index contributed by atoms with van der Waals surface area (Å²) in [7, 11) is 0. The number of allylic oxidation sites excluding steroid dienone is 13.